The fourth-order valence-corrected chi connectivity index (χ4v) is 3.30. The summed E-state index contributed by atoms with van der Waals surface area (Å²) >= 11 is 0. The molecule has 0 radical (unpaired) electrons. The summed E-state index contributed by atoms with van der Waals surface area (Å²) in [5.41, 5.74) is 2.07. The van der Waals surface area contributed by atoms with Crippen molar-refractivity contribution in [1.82, 2.24) is 20.4 Å². The van der Waals surface area contributed by atoms with Crippen LogP contribution in [0.1, 0.15) is 18.5 Å². The van der Waals surface area contributed by atoms with Crippen molar-refractivity contribution in [3.63, 3.8) is 0 Å². The quantitative estimate of drug-likeness (QED) is 0.191. The number of nitrogens with zero attached hydrogens (tertiary/aromatic N) is 3. The molecule has 2 N–H and O–H groups in total. The molecule has 33 heavy (non-hydrogen) atoms. The molecule has 0 aliphatic carbocycles. The second-order valence-electron chi connectivity index (χ2n) is 7.92. The molecule has 0 bridgehead atoms. The van der Waals surface area contributed by atoms with Crippen molar-refractivity contribution in [3.05, 3.63) is 35.9 Å². The van der Waals surface area contributed by atoms with Crippen LogP contribution in [0.25, 0.3) is 0 Å². The van der Waals surface area contributed by atoms with E-state index in [2.05, 4.69) is 33.2 Å². The minimum atomic E-state index is -0.0638. The van der Waals surface area contributed by atoms with E-state index in [-0.39, 0.29) is 42.5 Å². The van der Waals surface area contributed by atoms with Crippen molar-refractivity contribution in [2.45, 2.75) is 13.0 Å². The number of hydrogen-bond acceptors (Lipinski definition) is 6. The van der Waals surface area contributed by atoms with Gasteiger partial charge in [-0.2, -0.15) is 0 Å². The predicted molar refractivity (Wildman–Crippen MR) is 142 cm³/mol. The van der Waals surface area contributed by atoms with Crippen LogP contribution in [-0.2, 0) is 9.53 Å². The van der Waals surface area contributed by atoms with Crippen molar-refractivity contribution < 1.29 is 19.0 Å². The average Bonchev–Trinajstić information content (AvgIpc) is 2.80. The third-order valence-electron chi connectivity index (χ3n) is 5.17. The van der Waals surface area contributed by atoms with Gasteiger partial charge in [0.15, 0.2) is 17.5 Å². The Morgan fingerprint density at radius 2 is 1.88 bits per heavy atom. The molecule has 1 aliphatic rings. The number of likely N-dealkylation sites (N-methyl/N-ethyl adjacent to an activating group) is 1. The molecule has 0 saturated carbocycles. The van der Waals surface area contributed by atoms with E-state index in [4.69, 9.17) is 14.2 Å². The van der Waals surface area contributed by atoms with Crippen molar-refractivity contribution in [2.75, 3.05) is 74.3 Å². The molecule has 1 aromatic rings. The van der Waals surface area contributed by atoms with Crippen LogP contribution >= 0.6 is 24.0 Å². The average molecular weight is 575 g/mol. The van der Waals surface area contributed by atoms with Crippen molar-refractivity contribution in [3.8, 4) is 11.5 Å². The van der Waals surface area contributed by atoms with E-state index in [9.17, 15) is 4.79 Å². The number of halogens is 1. The summed E-state index contributed by atoms with van der Waals surface area (Å²) in [6.45, 7) is 10.1. The number of morpholine rings is 1. The number of ether oxygens (including phenoxy) is 3. The minimum absolute atomic E-state index is 0. The fourth-order valence-electron chi connectivity index (χ4n) is 3.30. The van der Waals surface area contributed by atoms with Crippen molar-refractivity contribution in [2.24, 2.45) is 4.99 Å². The first-order valence-corrected chi connectivity index (χ1v) is 10.8. The maximum absolute atomic E-state index is 12.0. The molecule has 1 saturated heterocycles. The molecule has 186 valence electrons. The van der Waals surface area contributed by atoms with Gasteiger partial charge in [0.2, 0.25) is 5.91 Å². The molecular formula is C23H38IN5O4. The molecule has 1 amide bonds. The molecule has 1 heterocycles. The van der Waals surface area contributed by atoms with E-state index in [1.165, 1.54) is 4.90 Å². The maximum atomic E-state index is 12.0. The molecule has 2 rings (SSSR count). The first-order valence-electron chi connectivity index (χ1n) is 10.8. The van der Waals surface area contributed by atoms with Crippen LogP contribution in [0.4, 0.5) is 0 Å². The topological polar surface area (TPSA) is 87.7 Å². The largest absolute Gasteiger partial charge is 0.493 e. The number of carbonyl (C=O) groups excluding carboxylic acids is 1. The van der Waals surface area contributed by atoms with Gasteiger partial charge < -0.3 is 29.7 Å². The lowest BCUT2D eigenvalue weighted by atomic mass is 10.0. The lowest BCUT2D eigenvalue weighted by Crippen LogP contribution is -2.46. The Bertz CT molecular complexity index is 797. The number of benzene rings is 1. The van der Waals surface area contributed by atoms with Crippen LogP contribution in [0, 0.1) is 0 Å². The Kier molecular flexibility index (Phi) is 13.1. The summed E-state index contributed by atoms with van der Waals surface area (Å²) in [7, 11) is 6.71. The number of hydrogen-bond donors (Lipinski definition) is 2. The minimum Gasteiger partial charge on any atom is -0.493 e. The van der Waals surface area contributed by atoms with Gasteiger partial charge in [-0.05, 0) is 24.6 Å². The standard InChI is InChI=1S/C23H37N5O4.HI/c1-17(2)14-24-23(26-16-22(29)27(3)4)25-15-19(28-9-11-32-12-10-28)18-7-8-20(30-5)21(13-18)31-6;/h7-8,13,19H,1,9-12,14-16H2,2-6H3,(H2,24,25,26);1H. The number of rotatable bonds is 10. The third kappa shape index (κ3) is 9.38. The highest BCUT2D eigenvalue weighted by molar-refractivity contribution is 14.0. The van der Waals surface area contributed by atoms with Gasteiger partial charge in [-0.25, -0.2) is 4.99 Å². The Morgan fingerprint density at radius 3 is 2.45 bits per heavy atom. The second kappa shape index (κ2) is 15.0. The van der Waals surface area contributed by atoms with Gasteiger partial charge in [0.1, 0.15) is 6.54 Å². The molecular weight excluding hydrogens is 537 g/mol. The molecule has 0 aromatic heterocycles. The van der Waals surface area contributed by atoms with Crippen LogP contribution in [0.15, 0.2) is 35.3 Å². The first-order chi connectivity index (χ1) is 15.3. The van der Waals surface area contributed by atoms with Gasteiger partial charge in [0.25, 0.3) is 0 Å². The molecule has 1 unspecified atom stereocenters. The molecule has 9 nitrogen and oxygen atoms in total. The monoisotopic (exact) mass is 575 g/mol. The Balaban J connectivity index is 0.00000544. The molecule has 10 heteroatoms. The number of amides is 1. The van der Waals surface area contributed by atoms with Gasteiger partial charge in [0, 0.05) is 40.3 Å². The van der Waals surface area contributed by atoms with Gasteiger partial charge in [0.05, 0.1) is 33.5 Å². The maximum Gasteiger partial charge on any atom is 0.243 e. The molecule has 1 fully saturated rings. The Hall–Kier alpha value is -2.05. The smallest absolute Gasteiger partial charge is 0.243 e. The summed E-state index contributed by atoms with van der Waals surface area (Å²) in [6.07, 6.45) is 0. The zero-order chi connectivity index (χ0) is 23.5. The predicted octanol–water partition coefficient (Wildman–Crippen LogP) is 1.89. The SMILES string of the molecule is C=C(C)CNC(=NCC(=O)N(C)C)NCC(c1ccc(OC)c(OC)c1)N1CCOCC1.I. The number of aliphatic imine (C=N–C) groups is 1. The van der Waals surface area contributed by atoms with Crippen molar-refractivity contribution >= 4 is 35.8 Å². The Morgan fingerprint density at radius 1 is 1.21 bits per heavy atom. The Labute approximate surface area is 214 Å². The zero-order valence-electron chi connectivity index (χ0n) is 20.3. The van der Waals surface area contributed by atoms with Crippen LogP contribution < -0.4 is 20.1 Å². The number of nitrogens with one attached hydrogen (secondary N) is 2. The number of carbonyl (C=O) groups is 1. The van der Waals surface area contributed by atoms with Gasteiger partial charge in [-0.1, -0.05) is 18.2 Å². The van der Waals surface area contributed by atoms with E-state index in [1.807, 2.05) is 19.1 Å². The lowest BCUT2D eigenvalue weighted by Gasteiger charge is -2.35. The summed E-state index contributed by atoms with van der Waals surface area (Å²) in [5.74, 6) is 1.89. The van der Waals surface area contributed by atoms with E-state index >= 15 is 0 Å². The summed E-state index contributed by atoms with van der Waals surface area (Å²) in [6, 6.07) is 6.04. The van der Waals surface area contributed by atoms with E-state index in [0.717, 1.165) is 24.2 Å². The molecule has 0 spiro atoms. The lowest BCUT2D eigenvalue weighted by molar-refractivity contribution is -0.127. The highest BCUT2D eigenvalue weighted by atomic mass is 127. The van der Waals surface area contributed by atoms with Crippen molar-refractivity contribution in [1.29, 1.82) is 0 Å². The first kappa shape index (κ1) is 29.0. The number of methoxy groups -OCH3 is 2. The van der Waals surface area contributed by atoms with E-state index in [0.29, 0.717) is 43.8 Å². The van der Waals surface area contributed by atoms with Crippen LogP contribution in [0.5, 0.6) is 11.5 Å². The van der Waals surface area contributed by atoms with Gasteiger partial charge in [-0.3, -0.25) is 9.69 Å². The second-order valence-corrected chi connectivity index (χ2v) is 7.92. The van der Waals surface area contributed by atoms with E-state index < -0.39 is 0 Å². The highest BCUT2D eigenvalue weighted by Crippen LogP contribution is 2.32. The summed E-state index contributed by atoms with van der Waals surface area (Å²) < 4.78 is 16.5. The number of guanidine groups is 1. The van der Waals surface area contributed by atoms with Crippen LogP contribution in [0.2, 0.25) is 0 Å². The molecule has 1 aromatic carbocycles. The fraction of sp³-hybridized carbons (Fsp3) is 0.565. The third-order valence-corrected chi connectivity index (χ3v) is 5.17. The van der Waals surface area contributed by atoms with Crippen LogP contribution in [-0.4, -0.2) is 95.9 Å². The van der Waals surface area contributed by atoms with Gasteiger partial charge >= 0.3 is 0 Å². The zero-order valence-corrected chi connectivity index (χ0v) is 22.7. The summed E-state index contributed by atoms with van der Waals surface area (Å²) in [4.78, 5) is 20.4. The normalized spacial score (nSPS) is 15.1. The summed E-state index contributed by atoms with van der Waals surface area (Å²) in [5, 5.41) is 6.65. The molecule has 1 aliphatic heterocycles. The highest BCUT2D eigenvalue weighted by Gasteiger charge is 2.24. The van der Waals surface area contributed by atoms with E-state index in [1.54, 1.807) is 28.3 Å². The van der Waals surface area contributed by atoms with Gasteiger partial charge in [-0.15, -0.1) is 24.0 Å². The van der Waals surface area contributed by atoms with Crippen LogP contribution in [0.3, 0.4) is 0 Å². The molecule has 1 atom stereocenters.